The predicted molar refractivity (Wildman–Crippen MR) is 42.9 cm³/mol. The van der Waals surface area contributed by atoms with Gasteiger partial charge in [0.2, 0.25) is 5.91 Å². The van der Waals surface area contributed by atoms with Gasteiger partial charge in [0.05, 0.1) is 0 Å². The Kier molecular flexibility index (Phi) is 2.65. The van der Waals surface area contributed by atoms with E-state index in [4.69, 9.17) is 10.6 Å². The SMILES string of the molecule is CNC(=O)C1CC(C(=N)NO)C1. The maximum atomic E-state index is 11.0. The van der Waals surface area contributed by atoms with E-state index in [1.807, 2.05) is 0 Å². The van der Waals surface area contributed by atoms with Crippen LogP contribution in [0.1, 0.15) is 12.8 Å². The maximum Gasteiger partial charge on any atom is 0.222 e. The zero-order valence-electron chi connectivity index (χ0n) is 6.92. The van der Waals surface area contributed by atoms with Gasteiger partial charge in [-0.15, -0.1) is 0 Å². The molecule has 0 unspecified atom stereocenters. The van der Waals surface area contributed by atoms with Gasteiger partial charge in [0.25, 0.3) is 0 Å². The molecule has 0 aromatic heterocycles. The number of hydrogen-bond acceptors (Lipinski definition) is 3. The molecule has 0 radical (unpaired) electrons. The summed E-state index contributed by atoms with van der Waals surface area (Å²) < 4.78 is 0. The Hall–Kier alpha value is -1.10. The summed E-state index contributed by atoms with van der Waals surface area (Å²) in [5.74, 6) is 0.179. The molecule has 0 aromatic carbocycles. The van der Waals surface area contributed by atoms with Crippen LogP contribution in [0.4, 0.5) is 0 Å². The van der Waals surface area contributed by atoms with Crippen molar-refractivity contribution in [2.75, 3.05) is 7.05 Å². The molecule has 4 N–H and O–H groups in total. The van der Waals surface area contributed by atoms with E-state index in [2.05, 4.69) is 5.32 Å². The van der Waals surface area contributed by atoms with Crippen LogP contribution in [0.3, 0.4) is 0 Å². The summed E-state index contributed by atoms with van der Waals surface area (Å²) in [4.78, 5) is 11.0. The first-order valence-corrected chi connectivity index (χ1v) is 3.89. The summed E-state index contributed by atoms with van der Waals surface area (Å²) in [5.41, 5.74) is 1.80. The molecule has 0 atom stereocenters. The van der Waals surface area contributed by atoms with Crippen molar-refractivity contribution in [3.8, 4) is 0 Å². The minimum atomic E-state index is 0.0219. The summed E-state index contributed by atoms with van der Waals surface area (Å²) in [6.07, 6.45) is 1.32. The van der Waals surface area contributed by atoms with E-state index in [1.165, 1.54) is 0 Å². The van der Waals surface area contributed by atoms with Gasteiger partial charge in [0.1, 0.15) is 5.84 Å². The number of carbonyl (C=O) groups excluding carboxylic acids is 1. The third kappa shape index (κ3) is 1.55. The molecule has 0 bridgehead atoms. The summed E-state index contributed by atoms with van der Waals surface area (Å²) in [6.45, 7) is 0. The molecule has 68 valence electrons. The Labute approximate surface area is 70.6 Å². The van der Waals surface area contributed by atoms with Crippen LogP contribution in [0.25, 0.3) is 0 Å². The summed E-state index contributed by atoms with van der Waals surface area (Å²) >= 11 is 0. The minimum absolute atomic E-state index is 0.0219. The normalized spacial score (nSPS) is 27.2. The average Bonchev–Trinajstić information content (AvgIpc) is 2.01. The van der Waals surface area contributed by atoms with Crippen LogP contribution in [0.5, 0.6) is 0 Å². The Balaban J connectivity index is 2.28. The second kappa shape index (κ2) is 3.53. The average molecular weight is 171 g/mol. The number of amidine groups is 1. The van der Waals surface area contributed by atoms with Crippen molar-refractivity contribution in [1.29, 1.82) is 5.41 Å². The number of rotatable bonds is 2. The molecular formula is C7H13N3O2. The molecular weight excluding hydrogens is 158 g/mol. The maximum absolute atomic E-state index is 11.0. The van der Waals surface area contributed by atoms with Gasteiger partial charge in [0, 0.05) is 18.9 Å². The van der Waals surface area contributed by atoms with Crippen molar-refractivity contribution in [2.45, 2.75) is 12.8 Å². The number of hydroxylamine groups is 1. The van der Waals surface area contributed by atoms with Crippen LogP contribution in [0, 0.1) is 17.2 Å². The van der Waals surface area contributed by atoms with Crippen LogP contribution in [-0.2, 0) is 4.79 Å². The molecule has 12 heavy (non-hydrogen) atoms. The zero-order chi connectivity index (χ0) is 9.14. The largest absolute Gasteiger partial charge is 0.359 e. The fraction of sp³-hybridized carbons (Fsp3) is 0.714. The Morgan fingerprint density at radius 2 is 2.08 bits per heavy atom. The van der Waals surface area contributed by atoms with E-state index in [0.29, 0.717) is 12.8 Å². The third-order valence-electron chi connectivity index (χ3n) is 2.28. The van der Waals surface area contributed by atoms with Gasteiger partial charge in [-0.1, -0.05) is 0 Å². The number of hydrogen-bond donors (Lipinski definition) is 4. The summed E-state index contributed by atoms with van der Waals surface area (Å²) in [7, 11) is 1.60. The molecule has 5 heteroatoms. The predicted octanol–water partition coefficient (Wildman–Crippen LogP) is -0.285. The zero-order valence-corrected chi connectivity index (χ0v) is 6.92. The van der Waals surface area contributed by atoms with E-state index >= 15 is 0 Å². The molecule has 1 rings (SSSR count). The summed E-state index contributed by atoms with van der Waals surface area (Å²) in [5, 5.41) is 18.1. The highest BCUT2D eigenvalue weighted by Crippen LogP contribution is 2.33. The lowest BCUT2D eigenvalue weighted by Gasteiger charge is -2.33. The fourth-order valence-corrected chi connectivity index (χ4v) is 1.36. The fourth-order valence-electron chi connectivity index (χ4n) is 1.36. The summed E-state index contributed by atoms with van der Waals surface area (Å²) in [6, 6.07) is 0. The highest BCUT2D eigenvalue weighted by Gasteiger charge is 2.36. The van der Waals surface area contributed by atoms with E-state index in [9.17, 15) is 4.79 Å². The van der Waals surface area contributed by atoms with E-state index in [-0.39, 0.29) is 23.6 Å². The first-order chi connectivity index (χ1) is 5.69. The van der Waals surface area contributed by atoms with Crippen molar-refractivity contribution in [3.63, 3.8) is 0 Å². The van der Waals surface area contributed by atoms with Crippen molar-refractivity contribution in [2.24, 2.45) is 11.8 Å². The minimum Gasteiger partial charge on any atom is -0.359 e. The van der Waals surface area contributed by atoms with Crippen molar-refractivity contribution in [3.05, 3.63) is 0 Å². The molecule has 0 saturated heterocycles. The van der Waals surface area contributed by atoms with Gasteiger partial charge in [-0.2, -0.15) is 0 Å². The lowest BCUT2D eigenvalue weighted by molar-refractivity contribution is -0.127. The van der Waals surface area contributed by atoms with Crippen molar-refractivity contribution in [1.82, 2.24) is 10.8 Å². The molecule has 0 aromatic rings. The highest BCUT2D eigenvalue weighted by atomic mass is 16.5. The Bertz CT molecular complexity index is 179. The molecule has 1 aliphatic carbocycles. The smallest absolute Gasteiger partial charge is 0.222 e. The Morgan fingerprint density at radius 1 is 1.50 bits per heavy atom. The standard InChI is InChI=1S/C7H13N3O2/c1-9-7(11)5-2-4(3-5)6(8)10-12/h4-5,12H,2-3H2,1H3,(H2,8,10)(H,9,11). The molecule has 1 aliphatic rings. The Morgan fingerprint density at radius 3 is 2.50 bits per heavy atom. The van der Waals surface area contributed by atoms with Gasteiger partial charge in [-0.25, -0.2) is 0 Å². The quantitative estimate of drug-likeness (QED) is 0.262. The monoisotopic (exact) mass is 171 g/mol. The molecule has 1 amide bonds. The van der Waals surface area contributed by atoms with E-state index in [1.54, 1.807) is 12.5 Å². The van der Waals surface area contributed by atoms with Gasteiger partial charge >= 0.3 is 0 Å². The molecule has 0 aliphatic heterocycles. The topological polar surface area (TPSA) is 85.2 Å². The molecule has 0 spiro atoms. The van der Waals surface area contributed by atoms with Gasteiger partial charge < -0.3 is 5.32 Å². The lowest BCUT2D eigenvalue weighted by Crippen LogP contribution is -2.43. The van der Waals surface area contributed by atoms with E-state index in [0.717, 1.165) is 0 Å². The van der Waals surface area contributed by atoms with Gasteiger partial charge in [-0.3, -0.25) is 20.9 Å². The van der Waals surface area contributed by atoms with Crippen LogP contribution >= 0.6 is 0 Å². The van der Waals surface area contributed by atoms with Crippen LogP contribution in [-0.4, -0.2) is 24.0 Å². The second-order valence-electron chi connectivity index (χ2n) is 3.00. The number of carbonyl (C=O) groups is 1. The number of nitrogens with one attached hydrogen (secondary N) is 3. The number of amides is 1. The molecule has 1 fully saturated rings. The van der Waals surface area contributed by atoms with E-state index < -0.39 is 0 Å². The van der Waals surface area contributed by atoms with Crippen LogP contribution < -0.4 is 10.8 Å². The third-order valence-corrected chi connectivity index (χ3v) is 2.28. The van der Waals surface area contributed by atoms with Crippen LogP contribution in [0.15, 0.2) is 0 Å². The van der Waals surface area contributed by atoms with Crippen molar-refractivity contribution >= 4 is 11.7 Å². The first kappa shape index (κ1) is 8.99. The lowest BCUT2D eigenvalue weighted by atomic mass is 9.74. The van der Waals surface area contributed by atoms with Crippen LogP contribution in [0.2, 0.25) is 0 Å². The van der Waals surface area contributed by atoms with Gasteiger partial charge in [0.15, 0.2) is 0 Å². The second-order valence-corrected chi connectivity index (χ2v) is 3.00. The molecule has 1 saturated carbocycles. The van der Waals surface area contributed by atoms with Gasteiger partial charge in [-0.05, 0) is 12.8 Å². The molecule has 5 nitrogen and oxygen atoms in total. The first-order valence-electron chi connectivity index (χ1n) is 3.89. The van der Waals surface area contributed by atoms with Crippen molar-refractivity contribution < 1.29 is 10.0 Å². The molecule has 0 heterocycles. The highest BCUT2D eigenvalue weighted by molar-refractivity contribution is 5.86.